The smallest absolute Gasteiger partial charge is 0.428 e. The van der Waals surface area contributed by atoms with Crippen LogP contribution in [0.1, 0.15) is 53.9 Å². The first-order chi connectivity index (χ1) is 14.2. The number of nitrogens with one attached hydrogen (secondary N) is 1. The minimum Gasteiger partial charge on any atom is -0.481 e. The van der Waals surface area contributed by atoms with Gasteiger partial charge in [-0.3, -0.25) is 14.4 Å². The summed E-state index contributed by atoms with van der Waals surface area (Å²) >= 11 is 0. The number of aliphatic hydroxyl groups is 1. The Bertz CT molecular complexity index is 793. The summed E-state index contributed by atoms with van der Waals surface area (Å²) in [5.41, 5.74) is -1.06. The molecule has 0 aliphatic heterocycles. The van der Waals surface area contributed by atoms with Gasteiger partial charge in [0, 0.05) is 31.1 Å². The number of hydrogen-bond acceptors (Lipinski definition) is 7. The summed E-state index contributed by atoms with van der Waals surface area (Å²) in [5, 5.41) is 31.0. The average molecular weight is 443 g/mol. The molecular weight excluding hydrogens is 414 g/mol. The molecule has 2 aliphatic rings. The van der Waals surface area contributed by atoms with E-state index in [0.717, 1.165) is 0 Å². The molecule has 174 valence electrons. The van der Waals surface area contributed by atoms with Gasteiger partial charge in [0.1, 0.15) is 5.60 Å². The molecule has 2 rings (SSSR count). The molecule has 2 saturated carbocycles. The van der Waals surface area contributed by atoms with Crippen molar-refractivity contribution < 1.29 is 44.0 Å². The normalized spacial score (nSPS) is 28.8. The zero-order valence-electron chi connectivity index (χ0n) is 18.1. The number of carbonyl (C=O) groups excluding carboxylic acids is 3. The number of carbonyl (C=O) groups is 5. The van der Waals surface area contributed by atoms with Crippen LogP contribution in [0.15, 0.2) is 0 Å². The van der Waals surface area contributed by atoms with Crippen LogP contribution in [0.2, 0.25) is 0 Å². The summed E-state index contributed by atoms with van der Waals surface area (Å²) in [7, 11) is 0. The Balaban J connectivity index is 2.57. The fourth-order valence-corrected chi connectivity index (χ4v) is 4.31. The van der Waals surface area contributed by atoms with Crippen LogP contribution >= 0.6 is 0 Å². The lowest BCUT2D eigenvalue weighted by atomic mass is 9.88. The number of hydrogen-bond donors (Lipinski definition) is 4. The van der Waals surface area contributed by atoms with E-state index in [1.54, 1.807) is 20.8 Å². The third-order valence-electron chi connectivity index (χ3n) is 5.50. The predicted molar refractivity (Wildman–Crippen MR) is 103 cm³/mol. The minimum atomic E-state index is -2.24. The summed E-state index contributed by atoms with van der Waals surface area (Å²) in [6.45, 7) is 7.60. The van der Waals surface area contributed by atoms with Gasteiger partial charge < -0.3 is 20.1 Å². The van der Waals surface area contributed by atoms with Gasteiger partial charge in [0.15, 0.2) is 5.54 Å². The maximum atomic E-state index is 12.9. The van der Waals surface area contributed by atoms with Crippen LogP contribution in [0, 0.1) is 17.8 Å². The largest absolute Gasteiger partial charge is 0.481 e. The predicted octanol–water partition coefficient (Wildman–Crippen LogP) is 0.353. The summed E-state index contributed by atoms with van der Waals surface area (Å²) in [5.74, 6) is -7.78. The standard InChI is InChI=1S/C19H29N3O9/c1-6-10(24)21(22(11(25)7-2)20-17(30)31-18(3,4)5)19(16(28)29)8-9(23)12-13(14(12)19)15(26)27/h9,12-14,23H,6-8H2,1-5H3,(H,20,30)(H,26,27)(H,28,29)/t9-,12-,13-,14-,19-/m0/s1. The minimum absolute atomic E-state index is 0.210. The summed E-state index contributed by atoms with van der Waals surface area (Å²) in [4.78, 5) is 62.1. The van der Waals surface area contributed by atoms with Crippen molar-refractivity contribution >= 4 is 29.8 Å². The van der Waals surface area contributed by atoms with Crippen LogP contribution in [-0.2, 0) is 23.9 Å². The lowest BCUT2D eigenvalue weighted by molar-refractivity contribution is -0.200. The Hall–Kier alpha value is -2.89. The molecule has 2 fully saturated rings. The molecule has 31 heavy (non-hydrogen) atoms. The second-order valence-electron chi connectivity index (χ2n) is 8.70. The van der Waals surface area contributed by atoms with Gasteiger partial charge in [0.25, 0.3) is 5.91 Å². The zero-order valence-corrected chi connectivity index (χ0v) is 18.1. The van der Waals surface area contributed by atoms with Crippen molar-refractivity contribution in [1.29, 1.82) is 0 Å². The van der Waals surface area contributed by atoms with E-state index < -0.39 is 71.3 Å². The quantitative estimate of drug-likeness (QED) is 0.437. The molecule has 3 amide bonds. The maximum absolute atomic E-state index is 12.9. The topological polar surface area (TPSA) is 174 Å². The fourth-order valence-electron chi connectivity index (χ4n) is 4.31. The molecule has 2 aliphatic carbocycles. The monoisotopic (exact) mass is 443 g/mol. The first-order valence-electron chi connectivity index (χ1n) is 10.0. The molecule has 0 aromatic heterocycles. The molecule has 0 aromatic carbocycles. The van der Waals surface area contributed by atoms with E-state index >= 15 is 0 Å². The first-order valence-corrected chi connectivity index (χ1v) is 10.0. The van der Waals surface area contributed by atoms with Crippen molar-refractivity contribution in [2.24, 2.45) is 17.8 Å². The molecule has 0 saturated heterocycles. The van der Waals surface area contributed by atoms with Crippen molar-refractivity contribution in [3.63, 3.8) is 0 Å². The molecule has 0 bridgehead atoms. The van der Waals surface area contributed by atoms with E-state index in [-0.39, 0.29) is 12.8 Å². The number of aliphatic hydroxyl groups excluding tert-OH is 1. The van der Waals surface area contributed by atoms with Gasteiger partial charge in [0.2, 0.25) is 5.91 Å². The highest BCUT2D eigenvalue weighted by Crippen LogP contribution is 2.64. The Kier molecular flexibility index (Phi) is 6.55. The van der Waals surface area contributed by atoms with Gasteiger partial charge in [-0.05, 0) is 20.8 Å². The van der Waals surface area contributed by atoms with Gasteiger partial charge in [-0.2, -0.15) is 0 Å². The van der Waals surface area contributed by atoms with Gasteiger partial charge in [-0.15, -0.1) is 5.12 Å². The molecule has 0 radical (unpaired) electrons. The number of nitrogens with zero attached hydrogens (tertiary/aromatic N) is 2. The van der Waals surface area contributed by atoms with Crippen molar-refractivity contribution in [3.8, 4) is 0 Å². The van der Waals surface area contributed by atoms with Crippen molar-refractivity contribution in [1.82, 2.24) is 15.6 Å². The second-order valence-corrected chi connectivity index (χ2v) is 8.70. The molecule has 0 spiro atoms. The van der Waals surface area contributed by atoms with E-state index in [9.17, 15) is 39.3 Å². The SMILES string of the molecule is CCC(=O)N(NC(=O)OC(C)(C)C)N(C(=O)CC)[C@@]1(C(=O)O)C[C@H](O)[C@H]2[C@H](C(=O)O)[C@H]21. The molecule has 5 atom stereocenters. The number of aliphatic carboxylic acids is 2. The number of rotatable bonds is 5. The van der Waals surface area contributed by atoms with Gasteiger partial charge >= 0.3 is 18.0 Å². The number of carboxylic acid groups (broad SMARTS) is 2. The number of amides is 3. The van der Waals surface area contributed by atoms with Gasteiger partial charge in [-0.25, -0.2) is 20.0 Å². The van der Waals surface area contributed by atoms with E-state index in [1.165, 1.54) is 13.8 Å². The number of ether oxygens (including phenoxy) is 1. The van der Waals surface area contributed by atoms with Crippen molar-refractivity contribution in [2.45, 2.75) is 71.1 Å². The third-order valence-corrected chi connectivity index (χ3v) is 5.50. The van der Waals surface area contributed by atoms with E-state index in [4.69, 9.17) is 4.74 Å². The van der Waals surface area contributed by atoms with Gasteiger partial charge in [0.05, 0.1) is 12.0 Å². The van der Waals surface area contributed by atoms with Crippen LogP contribution in [0.4, 0.5) is 4.79 Å². The molecule has 0 heterocycles. The van der Waals surface area contributed by atoms with E-state index in [0.29, 0.717) is 10.1 Å². The maximum Gasteiger partial charge on any atom is 0.428 e. The lowest BCUT2D eigenvalue weighted by Gasteiger charge is -2.45. The first kappa shape index (κ1) is 24.4. The zero-order chi connectivity index (χ0) is 23.9. The summed E-state index contributed by atoms with van der Waals surface area (Å²) in [6, 6.07) is 0. The highest BCUT2D eigenvalue weighted by Gasteiger charge is 2.78. The van der Waals surface area contributed by atoms with E-state index in [1.807, 2.05) is 0 Å². The molecule has 0 unspecified atom stereocenters. The van der Waals surface area contributed by atoms with Crippen molar-refractivity contribution in [3.05, 3.63) is 0 Å². The highest BCUT2D eigenvalue weighted by molar-refractivity contribution is 5.92. The van der Waals surface area contributed by atoms with E-state index in [2.05, 4.69) is 5.43 Å². The van der Waals surface area contributed by atoms with Crippen LogP contribution in [0.25, 0.3) is 0 Å². The van der Waals surface area contributed by atoms with Crippen LogP contribution in [0.3, 0.4) is 0 Å². The number of fused-ring (bicyclic) bond motifs is 1. The molecule has 12 heteroatoms. The van der Waals surface area contributed by atoms with Crippen molar-refractivity contribution in [2.75, 3.05) is 0 Å². The van der Waals surface area contributed by atoms with Crippen LogP contribution in [0.5, 0.6) is 0 Å². The Morgan fingerprint density at radius 2 is 1.61 bits per heavy atom. The third kappa shape index (κ3) is 4.29. The van der Waals surface area contributed by atoms with Crippen LogP contribution < -0.4 is 5.43 Å². The lowest BCUT2D eigenvalue weighted by Crippen LogP contribution is -2.70. The second kappa shape index (κ2) is 8.33. The molecule has 12 nitrogen and oxygen atoms in total. The Morgan fingerprint density at radius 1 is 1.06 bits per heavy atom. The number of hydrazine groups is 2. The Labute approximate surface area is 179 Å². The average Bonchev–Trinajstić information content (AvgIpc) is 3.33. The fraction of sp³-hybridized carbons (Fsp3) is 0.737. The van der Waals surface area contributed by atoms with Gasteiger partial charge in [-0.1, -0.05) is 13.8 Å². The summed E-state index contributed by atoms with van der Waals surface area (Å²) in [6.07, 6.45) is -3.36. The van der Waals surface area contributed by atoms with Crippen LogP contribution in [-0.4, -0.2) is 72.5 Å². The Morgan fingerprint density at radius 3 is 2.00 bits per heavy atom. The highest BCUT2D eigenvalue weighted by atomic mass is 16.6. The summed E-state index contributed by atoms with van der Waals surface area (Å²) < 4.78 is 5.13. The number of carboxylic acids is 2. The molecule has 4 N–H and O–H groups in total. The molecular formula is C19H29N3O9. The molecule has 0 aromatic rings.